The molecular formula is C27H40O4. The average Bonchev–Trinajstić information content (AvgIpc) is 3.17. The smallest absolute Gasteiger partial charge is 0.310 e. The Kier molecular flexibility index (Phi) is 8.90. The Hall–Kier alpha value is -2.10. The molecule has 0 amide bonds. The highest BCUT2D eigenvalue weighted by molar-refractivity contribution is 5.85. The summed E-state index contributed by atoms with van der Waals surface area (Å²) in [5, 5.41) is 10.5. The first kappa shape index (κ1) is 25.2. The van der Waals surface area contributed by atoms with Crippen LogP contribution in [0.3, 0.4) is 0 Å². The van der Waals surface area contributed by atoms with Crippen LogP contribution in [0.2, 0.25) is 0 Å². The summed E-state index contributed by atoms with van der Waals surface area (Å²) < 4.78 is 5.76. The highest BCUT2D eigenvalue weighted by Crippen LogP contribution is 2.42. The van der Waals surface area contributed by atoms with E-state index in [0.29, 0.717) is 25.2 Å². The summed E-state index contributed by atoms with van der Waals surface area (Å²) in [6, 6.07) is 9.64. The molecule has 4 heteroatoms. The van der Waals surface area contributed by atoms with Crippen LogP contribution >= 0.6 is 0 Å². The number of benzene rings is 1. The van der Waals surface area contributed by atoms with Crippen molar-refractivity contribution >= 4 is 11.9 Å². The van der Waals surface area contributed by atoms with Gasteiger partial charge >= 0.3 is 11.9 Å². The number of hydrogen-bond donors (Lipinski definition) is 1. The van der Waals surface area contributed by atoms with Crippen molar-refractivity contribution in [3.8, 4) is 0 Å². The highest BCUT2D eigenvalue weighted by atomic mass is 16.6. The molecule has 0 bridgehead atoms. The van der Waals surface area contributed by atoms with E-state index in [9.17, 15) is 14.7 Å². The molecule has 0 heterocycles. The molecule has 0 radical (unpaired) electrons. The van der Waals surface area contributed by atoms with E-state index in [0.717, 1.165) is 5.56 Å². The third-order valence-corrected chi connectivity index (χ3v) is 6.10. The molecule has 1 N–H and O–H groups in total. The fourth-order valence-corrected chi connectivity index (χ4v) is 4.82. The number of hydrogen-bond acceptors (Lipinski definition) is 3. The van der Waals surface area contributed by atoms with Gasteiger partial charge in [0.25, 0.3) is 0 Å². The number of aliphatic carboxylic acids is 1. The van der Waals surface area contributed by atoms with Gasteiger partial charge in [0.15, 0.2) is 0 Å². The Morgan fingerprint density at radius 3 is 2.26 bits per heavy atom. The fourth-order valence-electron chi connectivity index (χ4n) is 4.82. The fraction of sp³-hybridized carbons (Fsp3) is 0.630. The van der Waals surface area contributed by atoms with E-state index < -0.39 is 28.9 Å². The number of carboxylic acids is 1. The lowest BCUT2D eigenvalue weighted by Gasteiger charge is -2.38. The number of carbonyl (C=O) groups is 2. The first-order valence-electron chi connectivity index (χ1n) is 11.7. The molecule has 2 atom stereocenters. The predicted molar refractivity (Wildman–Crippen MR) is 125 cm³/mol. The summed E-state index contributed by atoms with van der Waals surface area (Å²) in [6.45, 7) is 9.53. The van der Waals surface area contributed by atoms with Crippen molar-refractivity contribution in [2.24, 2.45) is 23.2 Å². The van der Waals surface area contributed by atoms with Crippen molar-refractivity contribution in [1.29, 1.82) is 0 Å². The average molecular weight is 429 g/mol. The van der Waals surface area contributed by atoms with Gasteiger partial charge < -0.3 is 9.84 Å². The molecule has 2 rings (SSSR count). The topological polar surface area (TPSA) is 63.6 Å². The van der Waals surface area contributed by atoms with Crippen molar-refractivity contribution in [2.75, 3.05) is 0 Å². The first-order valence-corrected chi connectivity index (χ1v) is 11.7. The summed E-state index contributed by atoms with van der Waals surface area (Å²) in [4.78, 5) is 26.2. The van der Waals surface area contributed by atoms with Gasteiger partial charge in [0.2, 0.25) is 0 Å². The molecule has 1 aliphatic carbocycles. The quantitative estimate of drug-likeness (QED) is 0.344. The predicted octanol–water partition coefficient (Wildman–Crippen LogP) is 6.44. The van der Waals surface area contributed by atoms with Crippen molar-refractivity contribution in [3.05, 3.63) is 48.0 Å². The molecule has 31 heavy (non-hydrogen) atoms. The van der Waals surface area contributed by atoms with Crippen LogP contribution in [0.1, 0.15) is 78.7 Å². The van der Waals surface area contributed by atoms with Gasteiger partial charge in [0.1, 0.15) is 5.60 Å². The molecule has 0 saturated heterocycles. The molecule has 0 aromatic heterocycles. The second-order valence-electron chi connectivity index (χ2n) is 10.5. The maximum absolute atomic E-state index is 13.4. The normalized spacial score (nSPS) is 18.3. The molecule has 1 aromatic rings. The largest absolute Gasteiger partial charge is 0.481 e. The third kappa shape index (κ3) is 7.52. The molecule has 1 fully saturated rings. The molecule has 1 aliphatic rings. The lowest BCUT2D eigenvalue weighted by molar-refractivity contribution is -0.174. The van der Waals surface area contributed by atoms with Crippen LogP contribution in [-0.4, -0.2) is 22.6 Å². The Bertz CT molecular complexity index is 738. The van der Waals surface area contributed by atoms with Crippen molar-refractivity contribution in [3.63, 3.8) is 0 Å². The summed E-state index contributed by atoms with van der Waals surface area (Å²) in [6.07, 6.45) is 10.2. The molecule has 1 saturated carbocycles. The number of carboxylic acid groups (broad SMARTS) is 1. The van der Waals surface area contributed by atoms with E-state index >= 15 is 0 Å². The van der Waals surface area contributed by atoms with Crippen LogP contribution in [0, 0.1) is 23.2 Å². The zero-order valence-corrected chi connectivity index (χ0v) is 19.9. The molecule has 172 valence electrons. The van der Waals surface area contributed by atoms with Crippen molar-refractivity contribution in [2.45, 2.75) is 85.2 Å². The van der Waals surface area contributed by atoms with E-state index in [1.54, 1.807) is 0 Å². The Labute approximate surface area is 188 Å². The van der Waals surface area contributed by atoms with Gasteiger partial charge in [-0.25, -0.2) is 0 Å². The van der Waals surface area contributed by atoms with Crippen LogP contribution in [-0.2, 0) is 20.7 Å². The summed E-state index contributed by atoms with van der Waals surface area (Å²) in [7, 11) is 0. The number of ether oxygens (including phenoxy) is 1. The Morgan fingerprint density at radius 1 is 1.13 bits per heavy atom. The SMILES string of the molecule is CC(C)C[C@](Cc1ccccc1)(C(=O)O)[C@H](C/C=C/C1CCCC1)C(=O)OC(C)(C)C. The van der Waals surface area contributed by atoms with Gasteiger partial charge in [-0.3, -0.25) is 9.59 Å². The standard InChI is InChI=1S/C27H40O4/c1-20(2)18-27(25(29)30,19-22-14-7-6-8-15-22)23(24(28)31-26(3,4)5)17-11-16-21-12-9-10-13-21/h6-8,11,14-16,20-21,23H,9-10,12-13,17-19H2,1-5H3,(H,29,30)/b16-11+/t23-,27-/m1/s1. The van der Waals surface area contributed by atoms with Crippen LogP contribution < -0.4 is 0 Å². The number of esters is 1. The van der Waals surface area contributed by atoms with Gasteiger partial charge in [-0.05, 0) is 70.3 Å². The van der Waals surface area contributed by atoms with Gasteiger partial charge in [-0.1, -0.05) is 69.2 Å². The van der Waals surface area contributed by atoms with Crippen LogP contribution in [0.4, 0.5) is 0 Å². The minimum Gasteiger partial charge on any atom is -0.481 e. The summed E-state index contributed by atoms with van der Waals surface area (Å²) in [5.74, 6) is -1.41. The molecule has 1 aromatic carbocycles. The van der Waals surface area contributed by atoms with Crippen LogP contribution in [0.25, 0.3) is 0 Å². The second-order valence-corrected chi connectivity index (χ2v) is 10.5. The van der Waals surface area contributed by atoms with E-state index in [1.807, 2.05) is 71.0 Å². The van der Waals surface area contributed by atoms with Gasteiger partial charge in [-0.15, -0.1) is 0 Å². The van der Waals surface area contributed by atoms with E-state index in [2.05, 4.69) is 6.08 Å². The highest BCUT2D eigenvalue weighted by Gasteiger charge is 2.50. The zero-order chi connectivity index (χ0) is 23.1. The molecule has 0 aliphatic heterocycles. The monoisotopic (exact) mass is 428 g/mol. The lowest BCUT2D eigenvalue weighted by Crippen LogP contribution is -2.47. The molecular weight excluding hydrogens is 388 g/mol. The number of carbonyl (C=O) groups excluding carboxylic acids is 1. The number of rotatable bonds is 10. The maximum Gasteiger partial charge on any atom is 0.310 e. The van der Waals surface area contributed by atoms with E-state index in [-0.39, 0.29) is 5.92 Å². The number of allylic oxidation sites excluding steroid dienone is 2. The lowest BCUT2D eigenvalue weighted by atomic mass is 9.65. The summed E-state index contributed by atoms with van der Waals surface area (Å²) in [5.41, 5.74) is -0.962. The Morgan fingerprint density at radius 2 is 1.74 bits per heavy atom. The van der Waals surface area contributed by atoms with Gasteiger partial charge in [0, 0.05) is 0 Å². The zero-order valence-electron chi connectivity index (χ0n) is 19.9. The second kappa shape index (κ2) is 11.0. The van der Waals surface area contributed by atoms with Gasteiger partial charge in [-0.2, -0.15) is 0 Å². The molecule has 0 spiro atoms. The van der Waals surface area contributed by atoms with Gasteiger partial charge in [0.05, 0.1) is 11.3 Å². The minimum absolute atomic E-state index is 0.128. The summed E-state index contributed by atoms with van der Waals surface area (Å²) >= 11 is 0. The Balaban J connectivity index is 2.45. The van der Waals surface area contributed by atoms with E-state index in [1.165, 1.54) is 25.7 Å². The maximum atomic E-state index is 13.4. The van der Waals surface area contributed by atoms with Crippen molar-refractivity contribution in [1.82, 2.24) is 0 Å². The minimum atomic E-state index is -1.22. The van der Waals surface area contributed by atoms with E-state index in [4.69, 9.17) is 4.74 Å². The van der Waals surface area contributed by atoms with Crippen LogP contribution in [0.5, 0.6) is 0 Å². The van der Waals surface area contributed by atoms with Crippen molar-refractivity contribution < 1.29 is 19.4 Å². The first-order chi connectivity index (χ1) is 14.5. The van der Waals surface area contributed by atoms with Crippen LogP contribution in [0.15, 0.2) is 42.5 Å². The molecule has 4 nitrogen and oxygen atoms in total. The molecule has 0 unspecified atom stereocenters. The third-order valence-electron chi connectivity index (χ3n) is 6.10.